The Morgan fingerprint density at radius 2 is 1.83 bits per heavy atom. The van der Waals surface area contributed by atoms with Gasteiger partial charge in [0, 0.05) is 11.0 Å². The molecule has 1 atom stereocenters. The molecule has 0 fully saturated rings. The van der Waals surface area contributed by atoms with E-state index in [-0.39, 0.29) is 51.4 Å². The predicted octanol–water partition coefficient (Wildman–Crippen LogP) is -1.67. The van der Waals surface area contributed by atoms with Crippen LogP contribution in [0.25, 0.3) is 0 Å². The molecule has 0 spiro atoms. The minimum absolute atomic E-state index is 0. The van der Waals surface area contributed by atoms with E-state index < -0.39 is 0 Å². The molecule has 0 saturated heterocycles. The summed E-state index contributed by atoms with van der Waals surface area (Å²) in [7, 11) is 0. The van der Waals surface area contributed by atoms with Gasteiger partial charge in [0.2, 0.25) is 0 Å². The fraction of sp³-hybridized carbons (Fsp3) is 0.600. The van der Waals surface area contributed by atoms with Crippen LogP contribution in [0.5, 0.6) is 0 Å². The first kappa shape index (κ1) is 16.5. The van der Waals surface area contributed by atoms with Crippen LogP contribution >= 0.6 is 48.0 Å². The number of thioether (sulfide) groups is 2. The van der Waals surface area contributed by atoms with Crippen LogP contribution in [0.15, 0.2) is 0 Å². The van der Waals surface area contributed by atoms with Crippen molar-refractivity contribution >= 4 is 56.6 Å². The summed E-state index contributed by atoms with van der Waals surface area (Å²) in [5.74, 6) is 0.858. The van der Waals surface area contributed by atoms with Crippen molar-refractivity contribution in [3.05, 3.63) is 0 Å². The van der Waals surface area contributed by atoms with Gasteiger partial charge in [-0.15, -0.1) is 0 Å². The molecule has 0 saturated carbocycles. The van der Waals surface area contributed by atoms with E-state index in [2.05, 4.69) is 0 Å². The Balaban J connectivity index is 0. The van der Waals surface area contributed by atoms with Crippen molar-refractivity contribution in [2.75, 3.05) is 5.75 Å². The fourth-order valence-corrected chi connectivity index (χ4v) is 2.40. The minimum atomic E-state index is 0. The summed E-state index contributed by atoms with van der Waals surface area (Å²) in [5.41, 5.74) is 10.6. The van der Waals surface area contributed by atoms with Gasteiger partial charge in [-0.3, -0.25) is 0 Å². The summed E-state index contributed by atoms with van der Waals surface area (Å²) in [5, 5.41) is 0.374. The SMILES string of the molecule is CC(CSC(N)=S)SC(N)=S.[K+]. The van der Waals surface area contributed by atoms with E-state index in [4.69, 9.17) is 35.9 Å². The first-order valence-electron chi connectivity index (χ1n) is 2.90. The summed E-state index contributed by atoms with van der Waals surface area (Å²) in [6.07, 6.45) is 0. The van der Waals surface area contributed by atoms with E-state index in [9.17, 15) is 0 Å². The molecule has 64 valence electrons. The zero-order chi connectivity index (χ0) is 8.85. The number of hydrogen-bond donors (Lipinski definition) is 2. The molecular formula is C5H10KN2S4+. The Labute approximate surface area is 135 Å². The van der Waals surface area contributed by atoms with Crippen molar-refractivity contribution in [2.24, 2.45) is 11.5 Å². The van der Waals surface area contributed by atoms with E-state index in [0.29, 0.717) is 13.9 Å². The molecule has 1 unspecified atom stereocenters. The second-order valence-corrected chi connectivity index (χ2v) is 5.82. The second kappa shape index (κ2) is 9.66. The van der Waals surface area contributed by atoms with Crippen molar-refractivity contribution < 1.29 is 51.4 Å². The van der Waals surface area contributed by atoms with Crippen LogP contribution in [0.2, 0.25) is 0 Å². The van der Waals surface area contributed by atoms with Gasteiger partial charge in [-0.05, 0) is 0 Å². The van der Waals surface area contributed by atoms with E-state index in [1.165, 1.54) is 23.5 Å². The molecule has 0 aliphatic rings. The quantitative estimate of drug-likeness (QED) is 0.470. The molecule has 12 heavy (non-hydrogen) atoms. The van der Waals surface area contributed by atoms with Crippen LogP contribution in [0.3, 0.4) is 0 Å². The summed E-state index contributed by atoms with van der Waals surface area (Å²) < 4.78 is 0.946. The Kier molecular flexibility index (Phi) is 13.3. The first-order valence-corrected chi connectivity index (χ1v) is 5.59. The zero-order valence-corrected chi connectivity index (χ0v) is 13.5. The number of rotatable bonds is 3. The Morgan fingerprint density at radius 3 is 2.17 bits per heavy atom. The van der Waals surface area contributed by atoms with Crippen molar-refractivity contribution in [3.8, 4) is 0 Å². The smallest absolute Gasteiger partial charge is 0.385 e. The van der Waals surface area contributed by atoms with Gasteiger partial charge in [0.05, 0.1) is 0 Å². The van der Waals surface area contributed by atoms with Crippen LogP contribution in [0.4, 0.5) is 0 Å². The molecule has 0 radical (unpaired) electrons. The van der Waals surface area contributed by atoms with Crippen LogP contribution in [-0.4, -0.2) is 19.6 Å². The maximum absolute atomic E-state index is 5.32. The van der Waals surface area contributed by atoms with Crippen LogP contribution < -0.4 is 62.9 Å². The number of hydrogen-bond acceptors (Lipinski definition) is 4. The van der Waals surface area contributed by atoms with Crippen molar-refractivity contribution in [2.45, 2.75) is 12.2 Å². The van der Waals surface area contributed by atoms with Gasteiger partial charge in [0.1, 0.15) is 8.64 Å². The van der Waals surface area contributed by atoms with Crippen molar-refractivity contribution in [3.63, 3.8) is 0 Å². The van der Waals surface area contributed by atoms with E-state index in [1.54, 1.807) is 0 Å². The van der Waals surface area contributed by atoms with Crippen LogP contribution in [0.1, 0.15) is 6.92 Å². The third-order valence-electron chi connectivity index (χ3n) is 0.778. The normalized spacial score (nSPS) is 11.4. The second-order valence-electron chi connectivity index (χ2n) is 1.88. The number of nitrogens with two attached hydrogens (primary N) is 2. The van der Waals surface area contributed by atoms with E-state index in [1.807, 2.05) is 6.92 Å². The van der Waals surface area contributed by atoms with Gasteiger partial charge < -0.3 is 11.5 Å². The molecule has 2 nitrogen and oxygen atoms in total. The molecule has 4 N–H and O–H groups in total. The molecule has 0 heterocycles. The fourth-order valence-electron chi connectivity index (χ4n) is 0.432. The molecule has 0 rings (SSSR count). The van der Waals surface area contributed by atoms with Crippen molar-refractivity contribution in [1.82, 2.24) is 0 Å². The molecule has 0 aromatic rings. The van der Waals surface area contributed by atoms with Crippen molar-refractivity contribution in [1.29, 1.82) is 0 Å². The third kappa shape index (κ3) is 12.1. The molecular weight excluding hydrogens is 255 g/mol. The summed E-state index contributed by atoms with van der Waals surface area (Å²) in [6, 6.07) is 0. The summed E-state index contributed by atoms with van der Waals surface area (Å²) in [4.78, 5) is 0. The molecule has 0 aliphatic carbocycles. The van der Waals surface area contributed by atoms with Gasteiger partial charge in [0.25, 0.3) is 0 Å². The Bertz CT molecular complexity index is 164. The summed E-state index contributed by atoms with van der Waals surface area (Å²) in [6.45, 7) is 2.04. The molecule has 7 heteroatoms. The summed E-state index contributed by atoms with van der Waals surface area (Å²) >= 11 is 12.3. The maximum atomic E-state index is 5.32. The van der Waals surface area contributed by atoms with Crippen LogP contribution in [-0.2, 0) is 0 Å². The van der Waals surface area contributed by atoms with Gasteiger partial charge in [-0.25, -0.2) is 0 Å². The molecule has 0 amide bonds. The molecule has 0 aliphatic heterocycles. The van der Waals surface area contributed by atoms with Gasteiger partial charge in [-0.1, -0.05) is 54.9 Å². The van der Waals surface area contributed by atoms with Crippen LogP contribution in [0, 0.1) is 0 Å². The predicted molar refractivity (Wildman–Crippen MR) is 63.1 cm³/mol. The van der Waals surface area contributed by atoms with Gasteiger partial charge in [-0.2, -0.15) is 0 Å². The third-order valence-corrected chi connectivity index (χ3v) is 3.38. The van der Waals surface area contributed by atoms with Gasteiger partial charge >= 0.3 is 51.4 Å². The monoisotopic (exact) mass is 265 g/mol. The molecule has 0 bridgehead atoms. The Morgan fingerprint density at radius 1 is 1.33 bits per heavy atom. The van der Waals surface area contributed by atoms with E-state index >= 15 is 0 Å². The molecule has 0 aromatic carbocycles. The topological polar surface area (TPSA) is 52.0 Å². The first-order chi connectivity index (χ1) is 5.02. The maximum Gasteiger partial charge on any atom is 1.00 e. The minimum Gasteiger partial charge on any atom is -0.385 e. The largest absolute Gasteiger partial charge is 1.00 e. The molecule has 0 aromatic heterocycles. The van der Waals surface area contributed by atoms with E-state index in [0.717, 1.165) is 5.75 Å². The van der Waals surface area contributed by atoms with Gasteiger partial charge in [0.15, 0.2) is 0 Å². The standard InChI is InChI=1S/C5H10N2S4.K/c1-3(11-5(7)9)2-10-4(6)8;/h3H,2H2,1H3,(H2,6,8)(H2,7,9);/q;+1. The Hall–Kier alpha value is 2.12. The average molecular weight is 266 g/mol. The zero-order valence-electron chi connectivity index (χ0n) is 7.07. The average Bonchev–Trinajstić information content (AvgIpc) is 1.82. The number of thiocarbonyl (C=S) groups is 2.